The number of carbonyl (C=O) groups excluding carboxylic acids is 2. The van der Waals surface area contributed by atoms with Crippen LogP contribution >= 0.6 is 11.6 Å². The van der Waals surface area contributed by atoms with E-state index in [1.165, 1.54) is 5.01 Å². The molecule has 3 heterocycles. The number of rotatable bonds is 4. The second-order valence-electron chi connectivity index (χ2n) is 8.42. The summed E-state index contributed by atoms with van der Waals surface area (Å²) in [4.78, 5) is 28.0. The zero-order valence-corrected chi connectivity index (χ0v) is 20.6. The molecular formula is C20H30ClGeN3O5. The molecule has 1 N–H and O–H groups in total. The van der Waals surface area contributed by atoms with Gasteiger partial charge in [0, 0.05) is 0 Å². The van der Waals surface area contributed by atoms with Crippen LogP contribution in [0, 0.1) is 0 Å². The number of hydrogen-bond acceptors (Lipinski definition) is 6. The zero-order valence-electron chi connectivity index (χ0n) is 17.8. The van der Waals surface area contributed by atoms with E-state index in [0.717, 1.165) is 19.6 Å². The fraction of sp³-hybridized carbons (Fsp3) is 0.600. The molecule has 0 saturated carbocycles. The van der Waals surface area contributed by atoms with Gasteiger partial charge in [-0.2, -0.15) is 0 Å². The quantitative estimate of drug-likeness (QED) is 0.505. The molecule has 3 fully saturated rings. The number of halogens is 1. The van der Waals surface area contributed by atoms with Crippen LogP contribution in [0.1, 0.15) is 37.6 Å². The van der Waals surface area contributed by atoms with Crippen LogP contribution in [-0.4, -0.2) is 81.0 Å². The summed E-state index contributed by atoms with van der Waals surface area (Å²) in [5.41, 5.74) is 2.57. The predicted octanol–water partition coefficient (Wildman–Crippen LogP) is 2.32. The average Bonchev–Trinajstić information content (AvgIpc) is 2.63. The Balaban J connectivity index is 1.66. The molecule has 0 unspecified atom stereocenters. The van der Waals surface area contributed by atoms with Crippen molar-refractivity contribution in [2.45, 2.75) is 38.0 Å². The summed E-state index contributed by atoms with van der Waals surface area (Å²) < 4.78 is 18.1. The van der Waals surface area contributed by atoms with Gasteiger partial charge in [-0.15, -0.1) is 0 Å². The molecular weight excluding hydrogens is 470 g/mol. The fourth-order valence-electron chi connectivity index (χ4n) is 3.41. The molecule has 2 amide bonds. The molecule has 1 aromatic rings. The van der Waals surface area contributed by atoms with E-state index >= 15 is 0 Å². The van der Waals surface area contributed by atoms with Crippen LogP contribution in [-0.2, 0) is 16.1 Å². The maximum absolute atomic E-state index is 13.1. The van der Waals surface area contributed by atoms with Gasteiger partial charge in [0.2, 0.25) is 0 Å². The third-order valence-electron chi connectivity index (χ3n) is 5.07. The minimum atomic E-state index is -3.50. The molecule has 30 heavy (non-hydrogen) atoms. The summed E-state index contributed by atoms with van der Waals surface area (Å²) in [5.74, 6) is -0.568. The Morgan fingerprint density at radius 1 is 1.07 bits per heavy atom. The van der Waals surface area contributed by atoms with Crippen molar-refractivity contribution in [3.8, 4) is 0 Å². The second kappa shape index (κ2) is 9.97. The first-order valence-corrected chi connectivity index (χ1v) is 14.7. The van der Waals surface area contributed by atoms with Crippen molar-refractivity contribution in [3.63, 3.8) is 0 Å². The summed E-state index contributed by atoms with van der Waals surface area (Å²) in [6, 6.07) is 6.53. The normalized spacial score (nSPS) is 24.5. The molecule has 4 rings (SSSR count). The first-order chi connectivity index (χ1) is 14.2. The fourth-order valence-corrected chi connectivity index (χ4v) is 8.59. The van der Waals surface area contributed by atoms with Gasteiger partial charge < -0.3 is 0 Å². The van der Waals surface area contributed by atoms with Gasteiger partial charge in [-0.25, -0.2) is 0 Å². The minimum absolute atomic E-state index is 0.182. The summed E-state index contributed by atoms with van der Waals surface area (Å²) in [7, 11) is 0. The average molecular weight is 501 g/mol. The Morgan fingerprint density at radius 3 is 2.10 bits per heavy atom. The van der Waals surface area contributed by atoms with Crippen molar-refractivity contribution in [2.75, 3.05) is 39.5 Å². The predicted molar refractivity (Wildman–Crippen MR) is 115 cm³/mol. The molecule has 0 spiro atoms. The Morgan fingerprint density at radius 2 is 1.60 bits per heavy atom. The Bertz CT molecular complexity index is 729. The first kappa shape index (κ1) is 23.5. The summed E-state index contributed by atoms with van der Waals surface area (Å²) in [5, 5.41) is 2.36. The van der Waals surface area contributed by atoms with E-state index in [9.17, 15) is 9.59 Å². The molecule has 1 aromatic carbocycles. The monoisotopic (exact) mass is 501 g/mol. The van der Waals surface area contributed by atoms with E-state index < -0.39 is 19.8 Å². The SMILES string of the molecule is CC(C)(C)N(NC(=O)c1ccc(Cl)cc1)C(=O)C[CH2][Ge]12[O]CCN(CC[O]1)CC[O]2. The third kappa shape index (κ3) is 6.18. The van der Waals surface area contributed by atoms with E-state index in [-0.39, 0.29) is 18.2 Å². The molecule has 8 nitrogen and oxygen atoms in total. The van der Waals surface area contributed by atoms with Gasteiger partial charge in [0.25, 0.3) is 0 Å². The van der Waals surface area contributed by atoms with Crippen molar-refractivity contribution in [1.82, 2.24) is 15.3 Å². The molecule has 3 aliphatic rings. The number of nitrogens with zero attached hydrogens (tertiary/aromatic N) is 2. The van der Waals surface area contributed by atoms with Crippen LogP contribution in [0.3, 0.4) is 0 Å². The molecule has 3 saturated heterocycles. The molecule has 10 heteroatoms. The first-order valence-electron chi connectivity index (χ1n) is 10.2. The zero-order chi connectivity index (χ0) is 21.8. The molecule has 0 radical (unpaired) electrons. The molecule has 3 aliphatic heterocycles. The van der Waals surface area contributed by atoms with Gasteiger partial charge in [-0.3, -0.25) is 0 Å². The van der Waals surface area contributed by atoms with Crippen LogP contribution in [0.25, 0.3) is 0 Å². The Hall–Kier alpha value is -1.17. The van der Waals surface area contributed by atoms with Crippen LogP contribution in [0.15, 0.2) is 24.3 Å². The van der Waals surface area contributed by atoms with Gasteiger partial charge in [-0.05, 0) is 0 Å². The topological polar surface area (TPSA) is 80.3 Å². The summed E-state index contributed by atoms with van der Waals surface area (Å²) >= 11 is 2.40. The van der Waals surface area contributed by atoms with E-state index in [1.54, 1.807) is 24.3 Å². The molecule has 0 atom stereocenters. The van der Waals surface area contributed by atoms with Crippen LogP contribution < -0.4 is 5.43 Å². The van der Waals surface area contributed by atoms with E-state index in [2.05, 4.69) is 10.3 Å². The van der Waals surface area contributed by atoms with Crippen LogP contribution in [0.5, 0.6) is 0 Å². The molecule has 0 aliphatic carbocycles. The van der Waals surface area contributed by atoms with Crippen molar-refractivity contribution >= 4 is 37.7 Å². The van der Waals surface area contributed by atoms with Gasteiger partial charge >= 0.3 is 186 Å². The van der Waals surface area contributed by atoms with Gasteiger partial charge in [0.05, 0.1) is 0 Å². The molecule has 166 valence electrons. The van der Waals surface area contributed by atoms with Crippen molar-refractivity contribution in [2.24, 2.45) is 0 Å². The Kier molecular flexibility index (Phi) is 7.81. The molecule has 2 bridgehead atoms. The van der Waals surface area contributed by atoms with Crippen molar-refractivity contribution in [1.29, 1.82) is 0 Å². The van der Waals surface area contributed by atoms with E-state index in [1.807, 2.05) is 20.8 Å². The number of nitrogens with one attached hydrogen (secondary N) is 1. The van der Waals surface area contributed by atoms with E-state index in [4.69, 9.17) is 22.9 Å². The number of amides is 2. The molecule has 0 aromatic heterocycles. The second-order valence-corrected chi connectivity index (χ2v) is 14.6. The van der Waals surface area contributed by atoms with Gasteiger partial charge in [0.1, 0.15) is 0 Å². The standard InChI is InChI=1S/C20H30ClGeN3O5/c1-20(2,3)25(23-19(27)16-4-6-17(21)7-5-16)18(26)8-9-22-28-13-10-24(11-14-29-22)12-15-30-22/h4-7H,8-15H2,1-3H3,(H,23,27). The number of hydrogen-bond donors (Lipinski definition) is 1. The number of carbonyl (C=O) groups is 2. The van der Waals surface area contributed by atoms with Crippen molar-refractivity contribution < 1.29 is 20.9 Å². The number of benzene rings is 1. The summed E-state index contributed by atoms with van der Waals surface area (Å²) in [6.45, 7) is 9.87. The van der Waals surface area contributed by atoms with E-state index in [0.29, 0.717) is 35.7 Å². The summed E-state index contributed by atoms with van der Waals surface area (Å²) in [6.07, 6.45) is 0.182. The third-order valence-corrected chi connectivity index (χ3v) is 11.2. The number of hydrazine groups is 1. The number of fused-ring (bicyclic) bond motifs is 6. The van der Waals surface area contributed by atoms with Crippen molar-refractivity contribution in [3.05, 3.63) is 34.9 Å². The van der Waals surface area contributed by atoms with Crippen LogP contribution in [0.2, 0.25) is 10.3 Å². The Labute approximate surface area is 186 Å². The maximum atomic E-state index is 13.1. The van der Waals surface area contributed by atoms with Gasteiger partial charge in [0.15, 0.2) is 0 Å². The van der Waals surface area contributed by atoms with Crippen LogP contribution in [0.4, 0.5) is 0 Å². The van der Waals surface area contributed by atoms with Gasteiger partial charge in [-0.1, -0.05) is 0 Å².